The Labute approximate surface area is 111 Å². The molecule has 0 atom stereocenters. The van der Waals surface area contributed by atoms with Crippen LogP contribution in [-0.2, 0) is 26.2 Å². The van der Waals surface area contributed by atoms with Crippen LogP contribution in [0, 0.1) is 0 Å². The molecule has 19 heavy (non-hydrogen) atoms. The number of benzene rings is 1. The number of rotatable bonds is 4. The number of amides is 2. The van der Waals surface area contributed by atoms with E-state index in [9.17, 15) is 18.0 Å². The second-order valence-corrected chi connectivity index (χ2v) is 6.13. The van der Waals surface area contributed by atoms with Gasteiger partial charge in [0.05, 0.1) is 4.90 Å². The molecule has 7 nitrogen and oxygen atoms in total. The molecule has 0 saturated carbocycles. The predicted octanol–water partition coefficient (Wildman–Crippen LogP) is -0.962. The number of nitrogens with zero attached hydrogens (tertiary/aromatic N) is 1. The van der Waals surface area contributed by atoms with Crippen LogP contribution in [0.25, 0.3) is 0 Å². The van der Waals surface area contributed by atoms with Crippen molar-refractivity contribution in [3.05, 3.63) is 29.8 Å². The Bertz CT molecular complexity index is 578. The molecule has 8 heteroatoms. The SMILES string of the molecule is CN(C)S(=O)(=O)c1ccc(CNC(=O)C(N)=O)cc1. The molecule has 0 aliphatic carbocycles. The number of hydrogen-bond acceptors (Lipinski definition) is 4. The van der Waals surface area contributed by atoms with E-state index in [1.165, 1.54) is 26.2 Å². The third-order valence-corrected chi connectivity index (χ3v) is 4.21. The molecule has 0 heterocycles. The van der Waals surface area contributed by atoms with Crippen molar-refractivity contribution < 1.29 is 18.0 Å². The van der Waals surface area contributed by atoms with Gasteiger partial charge in [0.2, 0.25) is 10.0 Å². The third kappa shape index (κ3) is 3.76. The molecule has 0 fully saturated rings. The molecule has 104 valence electrons. The largest absolute Gasteiger partial charge is 0.361 e. The lowest BCUT2D eigenvalue weighted by atomic mass is 10.2. The van der Waals surface area contributed by atoms with Gasteiger partial charge in [-0.3, -0.25) is 9.59 Å². The summed E-state index contributed by atoms with van der Waals surface area (Å²) in [5.74, 6) is -1.95. The summed E-state index contributed by atoms with van der Waals surface area (Å²) in [6.07, 6.45) is 0. The van der Waals surface area contributed by atoms with Gasteiger partial charge in [0.1, 0.15) is 0 Å². The molecule has 0 spiro atoms. The summed E-state index contributed by atoms with van der Waals surface area (Å²) in [5, 5.41) is 2.31. The third-order valence-electron chi connectivity index (χ3n) is 2.38. The van der Waals surface area contributed by atoms with Gasteiger partial charge in [-0.15, -0.1) is 0 Å². The molecular formula is C11H15N3O4S. The monoisotopic (exact) mass is 285 g/mol. The minimum Gasteiger partial charge on any atom is -0.361 e. The molecule has 0 bridgehead atoms. The zero-order valence-corrected chi connectivity index (χ0v) is 11.4. The van der Waals surface area contributed by atoms with Crippen molar-refractivity contribution in [2.24, 2.45) is 5.73 Å². The lowest BCUT2D eigenvalue weighted by Gasteiger charge is -2.11. The molecule has 1 aromatic carbocycles. The highest BCUT2D eigenvalue weighted by Crippen LogP contribution is 2.13. The van der Waals surface area contributed by atoms with E-state index in [4.69, 9.17) is 5.73 Å². The van der Waals surface area contributed by atoms with Crippen LogP contribution in [0.5, 0.6) is 0 Å². The highest BCUT2D eigenvalue weighted by atomic mass is 32.2. The summed E-state index contributed by atoms with van der Waals surface area (Å²) in [6, 6.07) is 5.97. The van der Waals surface area contributed by atoms with Crippen molar-refractivity contribution in [1.29, 1.82) is 0 Å². The molecule has 0 saturated heterocycles. The topological polar surface area (TPSA) is 110 Å². The first kappa shape index (κ1) is 15.1. The molecule has 0 aliphatic heterocycles. The Morgan fingerprint density at radius 2 is 1.74 bits per heavy atom. The van der Waals surface area contributed by atoms with Gasteiger partial charge in [-0.2, -0.15) is 0 Å². The summed E-state index contributed by atoms with van der Waals surface area (Å²) in [5.41, 5.74) is 5.44. The Balaban J connectivity index is 2.78. The summed E-state index contributed by atoms with van der Waals surface area (Å²) >= 11 is 0. The minimum absolute atomic E-state index is 0.101. The number of nitrogens with one attached hydrogen (secondary N) is 1. The molecule has 0 radical (unpaired) electrons. The Morgan fingerprint density at radius 1 is 1.21 bits per heavy atom. The molecular weight excluding hydrogens is 270 g/mol. The summed E-state index contributed by atoms with van der Waals surface area (Å²) in [7, 11) is -0.585. The molecule has 3 N–H and O–H groups in total. The van der Waals surface area contributed by atoms with Gasteiger partial charge < -0.3 is 11.1 Å². The van der Waals surface area contributed by atoms with Gasteiger partial charge >= 0.3 is 11.8 Å². The van der Waals surface area contributed by atoms with E-state index in [-0.39, 0.29) is 11.4 Å². The highest BCUT2D eigenvalue weighted by molar-refractivity contribution is 7.89. The Morgan fingerprint density at radius 3 is 2.16 bits per heavy atom. The van der Waals surface area contributed by atoms with Gasteiger partial charge in [-0.1, -0.05) is 12.1 Å². The molecule has 1 rings (SSSR count). The molecule has 0 aromatic heterocycles. The number of sulfonamides is 1. The lowest BCUT2D eigenvalue weighted by Crippen LogP contribution is -2.35. The Hall–Kier alpha value is -1.93. The number of hydrogen-bond donors (Lipinski definition) is 2. The van der Waals surface area contributed by atoms with E-state index in [2.05, 4.69) is 5.32 Å². The van der Waals surface area contributed by atoms with E-state index in [0.717, 1.165) is 4.31 Å². The number of carbonyl (C=O) groups is 2. The molecule has 1 aromatic rings. The first-order valence-electron chi connectivity index (χ1n) is 5.34. The minimum atomic E-state index is -3.47. The van der Waals surface area contributed by atoms with E-state index in [1.807, 2.05) is 0 Å². The Kier molecular flexibility index (Phi) is 4.62. The van der Waals surface area contributed by atoms with Crippen molar-refractivity contribution in [1.82, 2.24) is 9.62 Å². The smallest absolute Gasteiger partial charge is 0.309 e. The van der Waals surface area contributed by atoms with Crippen molar-refractivity contribution in [2.75, 3.05) is 14.1 Å². The van der Waals surface area contributed by atoms with E-state index >= 15 is 0 Å². The zero-order valence-electron chi connectivity index (χ0n) is 10.6. The average molecular weight is 285 g/mol. The van der Waals surface area contributed by atoms with Crippen molar-refractivity contribution in [3.8, 4) is 0 Å². The fourth-order valence-electron chi connectivity index (χ4n) is 1.26. The number of carbonyl (C=O) groups excluding carboxylic acids is 2. The normalized spacial score (nSPS) is 11.3. The van der Waals surface area contributed by atoms with Gasteiger partial charge in [-0.25, -0.2) is 12.7 Å². The fraction of sp³-hybridized carbons (Fsp3) is 0.273. The van der Waals surface area contributed by atoms with Gasteiger partial charge in [0.15, 0.2) is 0 Å². The zero-order chi connectivity index (χ0) is 14.6. The number of primary amides is 1. The van der Waals surface area contributed by atoms with Gasteiger partial charge in [-0.05, 0) is 17.7 Å². The number of nitrogens with two attached hydrogens (primary N) is 1. The van der Waals surface area contributed by atoms with Crippen LogP contribution in [0.1, 0.15) is 5.56 Å². The predicted molar refractivity (Wildman–Crippen MR) is 68.4 cm³/mol. The van der Waals surface area contributed by atoms with Crippen molar-refractivity contribution >= 4 is 21.8 Å². The van der Waals surface area contributed by atoms with Crippen LogP contribution in [-0.4, -0.2) is 38.6 Å². The van der Waals surface area contributed by atoms with Crippen LogP contribution >= 0.6 is 0 Å². The maximum atomic E-state index is 11.8. The highest BCUT2D eigenvalue weighted by Gasteiger charge is 2.16. The molecule has 0 unspecified atom stereocenters. The van der Waals surface area contributed by atoms with Crippen molar-refractivity contribution in [2.45, 2.75) is 11.4 Å². The first-order chi connectivity index (χ1) is 8.75. The second kappa shape index (κ2) is 5.81. The molecule has 0 aliphatic rings. The van der Waals surface area contributed by atoms with Crippen LogP contribution in [0.4, 0.5) is 0 Å². The summed E-state index contributed by atoms with van der Waals surface area (Å²) in [6.45, 7) is 0.101. The summed E-state index contributed by atoms with van der Waals surface area (Å²) in [4.78, 5) is 21.6. The van der Waals surface area contributed by atoms with Gasteiger partial charge in [0, 0.05) is 20.6 Å². The standard InChI is InChI=1S/C11H15N3O4S/c1-14(2)19(17,18)9-5-3-8(4-6-9)7-13-11(16)10(12)15/h3-6H,7H2,1-2H3,(H2,12,15)(H,13,16). The van der Waals surface area contributed by atoms with Gasteiger partial charge in [0.25, 0.3) is 0 Å². The second-order valence-electron chi connectivity index (χ2n) is 3.98. The van der Waals surface area contributed by atoms with Crippen LogP contribution in [0.15, 0.2) is 29.2 Å². The quantitative estimate of drug-likeness (QED) is 0.694. The van der Waals surface area contributed by atoms with Crippen LogP contribution < -0.4 is 11.1 Å². The fourth-order valence-corrected chi connectivity index (χ4v) is 2.16. The first-order valence-corrected chi connectivity index (χ1v) is 6.78. The van der Waals surface area contributed by atoms with E-state index in [1.54, 1.807) is 12.1 Å². The maximum Gasteiger partial charge on any atom is 0.309 e. The average Bonchev–Trinajstić information content (AvgIpc) is 2.36. The lowest BCUT2D eigenvalue weighted by molar-refractivity contribution is -0.137. The maximum absolute atomic E-state index is 11.8. The summed E-state index contributed by atoms with van der Waals surface area (Å²) < 4.78 is 24.7. The van der Waals surface area contributed by atoms with Crippen LogP contribution in [0.2, 0.25) is 0 Å². The van der Waals surface area contributed by atoms with E-state index in [0.29, 0.717) is 5.56 Å². The van der Waals surface area contributed by atoms with Crippen molar-refractivity contribution in [3.63, 3.8) is 0 Å². The van der Waals surface area contributed by atoms with Crippen LogP contribution in [0.3, 0.4) is 0 Å². The molecule has 2 amide bonds. The van der Waals surface area contributed by atoms with E-state index < -0.39 is 21.8 Å².